The van der Waals surface area contributed by atoms with Gasteiger partial charge in [-0.05, 0) is 41.0 Å². The summed E-state index contributed by atoms with van der Waals surface area (Å²) in [6, 6.07) is 0.0763. The van der Waals surface area contributed by atoms with E-state index >= 15 is 0 Å². The molecule has 0 aromatic carbocycles. The van der Waals surface area contributed by atoms with Crippen LogP contribution in [0.25, 0.3) is 0 Å². The molecule has 2 aliphatic heterocycles. The van der Waals surface area contributed by atoms with Crippen molar-refractivity contribution in [3.63, 3.8) is 0 Å². The Morgan fingerprint density at radius 2 is 1.83 bits per heavy atom. The van der Waals surface area contributed by atoms with E-state index in [4.69, 9.17) is 14.0 Å². The predicted molar refractivity (Wildman–Crippen MR) is 117 cm³/mol. The summed E-state index contributed by atoms with van der Waals surface area (Å²) in [4.78, 5) is 25.5. The summed E-state index contributed by atoms with van der Waals surface area (Å²) in [6.07, 6.45) is 5.59. The van der Waals surface area contributed by atoms with Crippen molar-refractivity contribution < 1.29 is 18.8 Å². The molecule has 0 bridgehead atoms. The molecule has 0 spiro atoms. The second-order valence-electron chi connectivity index (χ2n) is 9.19. The summed E-state index contributed by atoms with van der Waals surface area (Å²) < 4.78 is 17.6. The van der Waals surface area contributed by atoms with Crippen LogP contribution in [0.4, 0.5) is 5.95 Å². The zero-order valence-electron chi connectivity index (χ0n) is 19.2. The number of piperazine rings is 1. The van der Waals surface area contributed by atoms with E-state index in [2.05, 4.69) is 28.7 Å². The second-order valence-corrected chi connectivity index (χ2v) is 9.19. The van der Waals surface area contributed by atoms with Crippen LogP contribution in [0.5, 0.6) is 0 Å². The summed E-state index contributed by atoms with van der Waals surface area (Å²) in [7, 11) is -0.467. The third-order valence-electron chi connectivity index (χ3n) is 6.28. The number of aromatic nitrogens is 2. The number of unbranched alkanes of at least 4 members (excludes halogenated alkanes) is 1. The molecule has 3 heterocycles. The van der Waals surface area contributed by atoms with Crippen molar-refractivity contribution in [1.29, 1.82) is 0 Å². The van der Waals surface area contributed by atoms with Crippen molar-refractivity contribution in [1.82, 2.24) is 14.9 Å². The predicted octanol–water partition coefficient (Wildman–Crippen LogP) is 1.63. The average Bonchev–Trinajstić information content (AvgIpc) is 2.92. The molecule has 2 aliphatic rings. The average molecular weight is 418 g/mol. The van der Waals surface area contributed by atoms with Crippen LogP contribution in [-0.4, -0.2) is 78.0 Å². The normalized spacial score (nSPS) is 23.1. The van der Waals surface area contributed by atoms with Gasteiger partial charge in [0.25, 0.3) is 0 Å². The largest absolute Gasteiger partial charge is 0.498 e. The minimum atomic E-state index is -0.467. The number of amides is 1. The van der Waals surface area contributed by atoms with E-state index in [9.17, 15) is 4.79 Å². The Hall–Kier alpha value is -1.71. The first-order chi connectivity index (χ1) is 14.1. The highest BCUT2D eigenvalue weighted by Gasteiger charge is 2.52. The lowest BCUT2D eigenvalue weighted by Gasteiger charge is -2.39. The van der Waals surface area contributed by atoms with Crippen molar-refractivity contribution >= 4 is 24.4 Å². The number of ether oxygens (including phenoxy) is 1. The first-order valence-corrected chi connectivity index (χ1v) is 10.9. The summed E-state index contributed by atoms with van der Waals surface area (Å²) in [5.41, 5.74) is 0.0209. The number of nitrogens with zero attached hydrogens (tertiary/aromatic N) is 4. The van der Waals surface area contributed by atoms with Crippen LogP contribution in [0, 0.1) is 0 Å². The molecule has 1 amide bonds. The fourth-order valence-corrected chi connectivity index (χ4v) is 3.59. The molecule has 2 fully saturated rings. The van der Waals surface area contributed by atoms with Gasteiger partial charge in [0.15, 0.2) is 0 Å². The zero-order chi connectivity index (χ0) is 21.9. The Balaban J connectivity index is 1.55. The van der Waals surface area contributed by atoms with Crippen LogP contribution in [0.15, 0.2) is 12.4 Å². The maximum Gasteiger partial charge on any atom is 0.498 e. The highest BCUT2D eigenvalue weighted by atomic mass is 16.7. The molecule has 166 valence electrons. The maximum absolute atomic E-state index is 12.4. The molecule has 30 heavy (non-hydrogen) atoms. The number of hydrogen-bond acceptors (Lipinski definition) is 7. The van der Waals surface area contributed by atoms with E-state index < -0.39 is 18.3 Å². The fraction of sp³-hybridized carbons (Fsp3) is 0.762. The van der Waals surface area contributed by atoms with Gasteiger partial charge in [0.2, 0.25) is 11.9 Å². The van der Waals surface area contributed by atoms with Crippen molar-refractivity contribution in [2.24, 2.45) is 0 Å². The van der Waals surface area contributed by atoms with Crippen LogP contribution >= 0.6 is 0 Å². The van der Waals surface area contributed by atoms with E-state index in [0.717, 1.165) is 18.3 Å². The van der Waals surface area contributed by atoms with Gasteiger partial charge in [0.05, 0.1) is 11.2 Å². The van der Waals surface area contributed by atoms with Gasteiger partial charge in [-0.2, -0.15) is 0 Å². The first-order valence-electron chi connectivity index (χ1n) is 10.9. The Morgan fingerprint density at radius 3 is 2.40 bits per heavy atom. The van der Waals surface area contributed by atoms with Crippen molar-refractivity contribution in [2.75, 3.05) is 37.7 Å². The van der Waals surface area contributed by atoms with E-state index in [1.165, 1.54) is 0 Å². The van der Waals surface area contributed by atoms with E-state index in [1.54, 1.807) is 12.4 Å². The molecule has 1 atom stereocenters. The van der Waals surface area contributed by atoms with E-state index in [1.807, 2.05) is 32.6 Å². The smallest absolute Gasteiger partial charge is 0.399 e. The molecule has 2 saturated heterocycles. The summed E-state index contributed by atoms with van der Waals surface area (Å²) in [6.45, 7) is 15.1. The monoisotopic (exact) mass is 418 g/mol. The zero-order valence-corrected chi connectivity index (χ0v) is 19.2. The Bertz CT molecular complexity index is 712. The molecule has 1 aromatic rings. The topological polar surface area (TPSA) is 77.0 Å². The van der Waals surface area contributed by atoms with Gasteiger partial charge in [0, 0.05) is 50.1 Å². The third kappa shape index (κ3) is 4.95. The van der Waals surface area contributed by atoms with Crippen molar-refractivity contribution in [3.8, 4) is 0 Å². The summed E-state index contributed by atoms with van der Waals surface area (Å²) in [5, 5.41) is 0. The highest BCUT2D eigenvalue weighted by Crippen LogP contribution is 2.36. The van der Waals surface area contributed by atoms with Crippen molar-refractivity contribution in [2.45, 2.75) is 71.6 Å². The Labute approximate surface area is 180 Å². The van der Waals surface area contributed by atoms with E-state index in [-0.39, 0.29) is 18.6 Å². The molecule has 0 unspecified atom stereocenters. The van der Waals surface area contributed by atoms with Gasteiger partial charge >= 0.3 is 7.12 Å². The van der Waals surface area contributed by atoms with E-state index in [0.29, 0.717) is 32.2 Å². The lowest BCUT2D eigenvalue weighted by molar-refractivity contribution is -0.138. The van der Waals surface area contributed by atoms with Crippen LogP contribution in [0.3, 0.4) is 0 Å². The lowest BCUT2D eigenvalue weighted by atomic mass is 9.81. The Morgan fingerprint density at radius 1 is 1.20 bits per heavy atom. The molecular formula is C21H35BN4O4. The minimum absolute atomic E-state index is 0.0512. The molecule has 0 aliphatic carbocycles. The SMILES string of the molecule is CCCCOCC(=O)N1CCN(c2ncc(B3OC(C)(C)C(C)(C)O3)cn2)C[C@H]1C. The van der Waals surface area contributed by atoms with Crippen LogP contribution in [-0.2, 0) is 18.8 Å². The quantitative estimate of drug-likeness (QED) is 0.492. The van der Waals surface area contributed by atoms with Gasteiger partial charge < -0.3 is 23.8 Å². The van der Waals surface area contributed by atoms with Crippen LogP contribution < -0.4 is 10.4 Å². The molecule has 3 rings (SSSR count). The number of rotatable bonds is 7. The summed E-state index contributed by atoms with van der Waals surface area (Å²) in [5.74, 6) is 0.712. The lowest BCUT2D eigenvalue weighted by Crippen LogP contribution is -2.55. The number of carbonyl (C=O) groups is 1. The second kappa shape index (κ2) is 9.20. The molecule has 0 saturated carbocycles. The minimum Gasteiger partial charge on any atom is -0.399 e. The number of carbonyl (C=O) groups excluding carboxylic acids is 1. The van der Waals surface area contributed by atoms with Gasteiger partial charge in [-0.3, -0.25) is 4.79 Å². The molecular weight excluding hydrogens is 383 g/mol. The maximum atomic E-state index is 12.4. The summed E-state index contributed by atoms with van der Waals surface area (Å²) >= 11 is 0. The molecule has 8 nitrogen and oxygen atoms in total. The van der Waals surface area contributed by atoms with Gasteiger partial charge in [-0.1, -0.05) is 13.3 Å². The molecule has 0 radical (unpaired) electrons. The van der Waals surface area contributed by atoms with Gasteiger partial charge in [-0.25, -0.2) is 9.97 Å². The fourth-order valence-electron chi connectivity index (χ4n) is 3.59. The van der Waals surface area contributed by atoms with Crippen molar-refractivity contribution in [3.05, 3.63) is 12.4 Å². The highest BCUT2D eigenvalue weighted by molar-refractivity contribution is 6.61. The van der Waals surface area contributed by atoms with Gasteiger partial charge in [0.1, 0.15) is 6.61 Å². The molecule has 1 aromatic heterocycles. The van der Waals surface area contributed by atoms with Gasteiger partial charge in [-0.15, -0.1) is 0 Å². The number of anilines is 1. The van der Waals surface area contributed by atoms with Crippen LogP contribution in [0.1, 0.15) is 54.4 Å². The molecule has 0 N–H and O–H groups in total. The first kappa shape index (κ1) is 23.0. The van der Waals surface area contributed by atoms with Crippen LogP contribution in [0.2, 0.25) is 0 Å². The Kier molecular flexibility index (Phi) is 7.04. The standard InChI is InChI=1S/C21H35BN4O4/c1-7-8-11-28-15-18(27)26-10-9-25(14-16(26)2)19-23-12-17(13-24-19)22-29-20(3,4)21(5,6)30-22/h12-13,16H,7-11,14-15H2,1-6H3/t16-/m1/s1. The molecule has 9 heteroatoms. The number of hydrogen-bond donors (Lipinski definition) is 0. The third-order valence-corrected chi connectivity index (χ3v) is 6.28.